The molecular formula is C13H8O4. The van der Waals surface area contributed by atoms with E-state index in [0.717, 1.165) is 0 Å². The van der Waals surface area contributed by atoms with E-state index in [1.54, 1.807) is 18.2 Å². The van der Waals surface area contributed by atoms with Crippen molar-refractivity contribution in [3.8, 4) is 23.0 Å². The van der Waals surface area contributed by atoms with E-state index in [4.69, 9.17) is 14.6 Å². The lowest BCUT2D eigenvalue weighted by Gasteiger charge is -2.20. The summed E-state index contributed by atoms with van der Waals surface area (Å²) in [7, 11) is 0. The van der Waals surface area contributed by atoms with Crippen LogP contribution in [0.4, 0.5) is 0 Å². The summed E-state index contributed by atoms with van der Waals surface area (Å²) in [6, 6.07) is 11.8. The third-order valence-corrected chi connectivity index (χ3v) is 2.48. The van der Waals surface area contributed by atoms with E-state index in [2.05, 4.69) is 0 Å². The molecule has 0 saturated heterocycles. The molecule has 1 aliphatic heterocycles. The second-order valence-electron chi connectivity index (χ2n) is 3.62. The average Bonchev–Trinajstić information content (AvgIpc) is 2.35. The van der Waals surface area contributed by atoms with Gasteiger partial charge in [0.15, 0.2) is 23.0 Å². The maximum Gasteiger partial charge on any atom is 0.335 e. The average molecular weight is 228 g/mol. The fraction of sp³-hybridized carbons (Fsp3) is 0. The number of hydrogen-bond donors (Lipinski definition) is 1. The minimum atomic E-state index is -0.991. The highest BCUT2D eigenvalue weighted by Crippen LogP contribution is 2.44. The van der Waals surface area contributed by atoms with E-state index < -0.39 is 5.97 Å². The van der Waals surface area contributed by atoms with Gasteiger partial charge in [0.05, 0.1) is 5.56 Å². The molecule has 0 spiro atoms. The molecule has 1 heterocycles. The van der Waals surface area contributed by atoms with Crippen molar-refractivity contribution in [3.05, 3.63) is 48.0 Å². The van der Waals surface area contributed by atoms with Gasteiger partial charge in [-0.3, -0.25) is 0 Å². The van der Waals surface area contributed by atoms with Gasteiger partial charge >= 0.3 is 5.97 Å². The Morgan fingerprint density at radius 2 is 1.47 bits per heavy atom. The van der Waals surface area contributed by atoms with Crippen molar-refractivity contribution < 1.29 is 19.4 Å². The number of rotatable bonds is 1. The molecule has 1 aliphatic rings. The Morgan fingerprint density at radius 1 is 0.882 bits per heavy atom. The molecule has 84 valence electrons. The molecular weight excluding hydrogens is 220 g/mol. The number of hydrogen-bond acceptors (Lipinski definition) is 3. The minimum Gasteiger partial charge on any atom is -0.478 e. The minimum absolute atomic E-state index is 0.173. The highest BCUT2D eigenvalue weighted by molar-refractivity contribution is 5.88. The lowest BCUT2D eigenvalue weighted by atomic mass is 10.2. The van der Waals surface area contributed by atoms with E-state index in [0.29, 0.717) is 23.0 Å². The van der Waals surface area contributed by atoms with Crippen LogP contribution in [0.25, 0.3) is 0 Å². The van der Waals surface area contributed by atoms with Crippen LogP contribution in [0.15, 0.2) is 42.5 Å². The lowest BCUT2D eigenvalue weighted by Crippen LogP contribution is -2.01. The fourth-order valence-electron chi connectivity index (χ4n) is 1.66. The summed E-state index contributed by atoms with van der Waals surface area (Å²) in [5.41, 5.74) is 0.173. The van der Waals surface area contributed by atoms with Crippen LogP contribution in [0.3, 0.4) is 0 Å². The second kappa shape index (κ2) is 3.52. The summed E-state index contributed by atoms with van der Waals surface area (Å²) in [6.45, 7) is 0. The summed E-state index contributed by atoms with van der Waals surface area (Å²) in [5, 5.41) is 8.89. The van der Waals surface area contributed by atoms with E-state index in [1.807, 2.05) is 12.1 Å². The molecule has 4 nitrogen and oxygen atoms in total. The van der Waals surface area contributed by atoms with Crippen molar-refractivity contribution in [1.82, 2.24) is 0 Å². The van der Waals surface area contributed by atoms with Crippen molar-refractivity contribution in [2.45, 2.75) is 0 Å². The Hall–Kier alpha value is -2.49. The van der Waals surface area contributed by atoms with E-state index >= 15 is 0 Å². The molecule has 0 fully saturated rings. The Labute approximate surface area is 97.0 Å². The van der Waals surface area contributed by atoms with Gasteiger partial charge < -0.3 is 14.6 Å². The quantitative estimate of drug-likeness (QED) is 0.694. The number of carbonyl (C=O) groups is 1. The Morgan fingerprint density at radius 3 is 2.12 bits per heavy atom. The van der Waals surface area contributed by atoms with Gasteiger partial charge in [-0.15, -0.1) is 0 Å². The third-order valence-electron chi connectivity index (χ3n) is 2.48. The second-order valence-corrected chi connectivity index (χ2v) is 3.62. The number of fused-ring (bicyclic) bond motifs is 2. The SMILES string of the molecule is O=C(O)c1ccc2c(c1)Oc1ccccc1O2. The Balaban J connectivity index is 2.06. The van der Waals surface area contributed by atoms with Gasteiger partial charge in [-0.2, -0.15) is 0 Å². The van der Waals surface area contributed by atoms with E-state index in [1.165, 1.54) is 12.1 Å². The number of benzene rings is 2. The first-order chi connectivity index (χ1) is 8.24. The smallest absolute Gasteiger partial charge is 0.335 e. The van der Waals surface area contributed by atoms with Crippen molar-refractivity contribution >= 4 is 5.97 Å². The number of ether oxygens (including phenoxy) is 2. The van der Waals surface area contributed by atoms with Crippen molar-refractivity contribution in [1.29, 1.82) is 0 Å². The Bertz CT molecular complexity index is 604. The molecule has 0 bridgehead atoms. The molecule has 2 aromatic carbocycles. The summed E-state index contributed by atoms with van der Waals surface area (Å²) in [4.78, 5) is 10.8. The van der Waals surface area contributed by atoms with Crippen LogP contribution in [0.2, 0.25) is 0 Å². The fourth-order valence-corrected chi connectivity index (χ4v) is 1.66. The molecule has 0 saturated carbocycles. The van der Waals surface area contributed by atoms with Crippen LogP contribution in [0.1, 0.15) is 10.4 Å². The van der Waals surface area contributed by atoms with Crippen LogP contribution in [-0.4, -0.2) is 11.1 Å². The zero-order chi connectivity index (χ0) is 11.8. The van der Waals surface area contributed by atoms with Crippen LogP contribution >= 0.6 is 0 Å². The van der Waals surface area contributed by atoms with Gasteiger partial charge in [-0.1, -0.05) is 12.1 Å². The normalized spacial score (nSPS) is 11.8. The number of para-hydroxylation sites is 2. The summed E-state index contributed by atoms with van der Waals surface area (Å²) in [6.07, 6.45) is 0. The maximum absolute atomic E-state index is 10.8. The van der Waals surface area contributed by atoms with Gasteiger partial charge in [-0.25, -0.2) is 4.79 Å². The largest absolute Gasteiger partial charge is 0.478 e. The molecule has 0 amide bonds. The zero-order valence-corrected chi connectivity index (χ0v) is 8.71. The summed E-state index contributed by atoms with van der Waals surface area (Å²) >= 11 is 0. The summed E-state index contributed by atoms with van der Waals surface area (Å²) < 4.78 is 11.2. The first-order valence-electron chi connectivity index (χ1n) is 5.06. The zero-order valence-electron chi connectivity index (χ0n) is 8.71. The van der Waals surface area contributed by atoms with Gasteiger partial charge in [0.25, 0.3) is 0 Å². The summed E-state index contributed by atoms with van der Waals surface area (Å²) in [5.74, 6) is 1.16. The molecule has 0 aromatic heterocycles. The van der Waals surface area contributed by atoms with Crippen molar-refractivity contribution in [2.24, 2.45) is 0 Å². The van der Waals surface area contributed by atoms with E-state index in [-0.39, 0.29) is 5.56 Å². The highest BCUT2D eigenvalue weighted by atomic mass is 16.6. The van der Waals surface area contributed by atoms with Gasteiger partial charge in [0, 0.05) is 0 Å². The molecule has 0 radical (unpaired) electrons. The lowest BCUT2D eigenvalue weighted by molar-refractivity contribution is 0.0696. The molecule has 17 heavy (non-hydrogen) atoms. The maximum atomic E-state index is 10.8. The molecule has 4 heteroatoms. The molecule has 0 atom stereocenters. The molecule has 0 unspecified atom stereocenters. The first-order valence-corrected chi connectivity index (χ1v) is 5.06. The molecule has 2 aromatic rings. The van der Waals surface area contributed by atoms with Crippen LogP contribution < -0.4 is 9.47 Å². The van der Waals surface area contributed by atoms with Crippen LogP contribution in [-0.2, 0) is 0 Å². The van der Waals surface area contributed by atoms with E-state index in [9.17, 15) is 4.79 Å². The number of aromatic carboxylic acids is 1. The number of carboxylic acid groups (broad SMARTS) is 1. The Kier molecular flexibility index (Phi) is 2.01. The predicted octanol–water partition coefficient (Wildman–Crippen LogP) is 3.28. The van der Waals surface area contributed by atoms with Gasteiger partial charge in [0.1, 0.15) is 0 Å². The molecule has 1 N–H and O–H groups in total. The van der Waals surface area contributed by atoms with Gasteiger partial charge in [0.2, 0.25) is 0 Å². The van der Waals surface area contributed by atoms with Crippen molar-refractivity contribution in [2.75, 3.05) is 0 Å². The van der Waals surface area contributed by atoms with Crippen molar-refractivity contribution in [3.63, 3.8) is 0 Å². The van der Waals surface area contributed by atoms with Gasteiger partial charge in [-0.05, 0) is 30.3 Å². The van der Waals surface area contributed by atoms with Crippen LogP contribution in [0, 0.1) is 0 Å². The highest BCUT2D eigenvalue weighted by Gasteiger charge is 2.19. The van der Waals surface area contributed by atoms with Crippen LogP contribution in [0.5, 0.6) is 23.0 Å². The monoisotopic (exact) mass is 228 g/mol. The topological polar surface area (TPSA) is 55.8 Å². The third kappa shape index (κ3) is 1.59. The predicted molar refractivity (Wildman–Crippen MR) is 60.0 cm³/mol. The molecule has 0 aliphatic carbocycles. The molecule has 3 rings (SSSR count). The standard InChI is InChI=1S/C13H8O4/c14-13(15)8-5-6-11-12(7-8)17-10-4-2-1-3-9(10)16-11/h1-7H,(H,14,15). The first kappa shape index (κ1) is 9.72. The number of carboxylic acids is 1.